The molecule has 144 valence electrons. The summed E-state index contributed by atoms with van der Waals surface area (Å²) in [7, 11) is 0. The molecule has 8 nitrogen and oxygen atoms in total. The minimum absolute atomic E-state index is 0.0989. The van der Waals surface area contributed by atoms with E-state index in [1.54, 1.807) is 0 Å². The first-order chi connectivity index (χ1) is 13.7. The standard InChI is InChI=1S/C20H21N5O3/c26-19(21-15-7-9-16(10-8-15)24-11-3-4-12-24)14-28-20(27)13-25-18-6-2-1-5-17(18)22-23-25/h1-2,5-10H,3-4,11-14H2,(H,21,26). The molecule has 0 saturated carbocycles. The van der Waals surface area contributed by atoms with Crippen molar-refractivity contribution in [2.24, 2.45) is 0 Å². The molecule has 0 spiro atoms. The third-order valence-electron chi connectivity index (χ3n) is 4.69. The molecule has 0 bridgehead atoms. The van der Waals surface area contributed by atoms with E-state index in [4.69, 9.17) is 4.74 Å². The number of carbonyl (C=O) groups excluding carboxylic acids is 2. The monoisotopic (exact) mass is 379 g/mol. The molecule has 2 aromatic carbocycles. The van der Waals surface area contributed by atoms with Gasteiger partial charge in [-0.25, -0.2) is 4.68 Å². The molecule has 0 radical (unpaired) electrons. The average molecular weight is 379 g/mol. The lowest BCUT2D eigenvalue weighted by Crippen LogP contribution is -2.23. The maximum absolute atomic E-state index is 12.0. The second kappa shape index (κ2) is 8.08. The number of nitrogens with one attached hydrogen (secondary N) is 1. The van der Waals surface area contributed by atoms with Gasteiger partial charge in [-0.05, 0) is 49.2 Å². The molecular formula is C20H21N5O3. The van der Waals surface area contributed by atoms with Crippen molar-refractivity contribution in [2.45, 2.75) is 19.4 Å². The van der Waals surface area contributed by atoms with Gasteiger partial charge in [-0.3, -0.25) is 9.59 Å². The average Bonchev–Trinajstić information content (AvgIpc) is 3.38. The molecule has 1 fully saturated rings. The summed E-state index contributed by atoms with van der Waals surface area (Å²) in [4.78, 5) is 26.4. The molecule has 1 amide bonds. The molecular weight excluding hydrogens is 358 g/mol. The van der Waals surface area contributed by atoms with Crippen molar-refractivity contribution in [1.82, 2.24) is 15.0 Å². The Bertz CT molecular complexity index is 977. The molecule has 1 aliphatic heterocycles. The fourth-order valence-corrected chi connectivity index (χ4v) is 3.28. The van der Waals surface area contributed by atoms with Crippen LogP contribution in [0.5, 0.6) is 0 Å². The number of anilines is 2. The van der Waals surface area contributed by atoms with Crippen molar-refractivity contribution in [2.75, 3.05) is 29.9 Å². The summed E-state index contributed by atoms with van der Waals surface area (Å²) < 4.78 is 6.51. The van der Waals surface area contributed by atoms with Gasteiger partial charge in [0.05, 0.1) is 5.52 Å². The van der Waals surface area contributed by atoms with E-state index in [1.807, 2.05) is 48.5 Å². The first-order valence-corrected chi connectivity index (χ1v) is 9.28. The summed E-state index contributed by atoms with van der Waals surface area (Å²) in [5.74, 6) is -0.930. The number of carbonyl (C=O) groups is 2. The largest absolute Gasteiger partial charge is 0.454 e. The van der Waals surface area contributed by atoms with Crippen LogP contribution in [0.25, 0.3) is 11.0 Å². The van der Waals surface area contributed by atoms with E-state index >= 15 is 0 Å². The van der Waals surface area contributed by atoms with Crippen LogP contribution in [-0.2, 0) is 20.9 Å². The molecule has 8 heteroatoms. The normalized spacial score (nSPS) is 13.6. The van der Waals surface area contributed by atoms with E-state index in [9.17, 15) is 9.59 Å². The highest BCUT2D eigenvalue weighted by Crippen LogP contribution is 2.22. The molecule has 1 saturated heterocycles. The number of hydrogen-bond donors (Lipinski definition) is 1. The topological polar surface area (TPSA) is 89.4 Å². The van der Waals surface area contributed by atoms with Gasteiger partial charge >= 0.3 is 5.97 Å². The van der Waals surface area contributed by atoms with Crippen molar-refractivity contribution in [1.29, 1.82) is 0 Å². The number of benzene rings is 2. The van der Waals surface area contributed by atoms with Crippen LogP contribution in [0.2, 0.25) is 0 Å². The predicted octanol–water partition coefficient (Wildman–Crippen LogP) is 2.21. The summed E-state index contributed by atoms with van der Waals surface area (Å²) in [6.07, 6.45) is 2.43. The van der Waals surface area contributed by atoms with Crippen molar-refractivity contribution in [3.63, 3.8) is 0 Å². The highest BCUT2D eigenvalue weighted by Gasteiger charge is 2.13. The van der Waals surface area contributed by atoms with E-state index in [2.05, 4.69) is 20.5 Å². The fourth-order valence-electron chi connectivity index (χ4n) is 3.28. The Labute approximate surface area is 162 Å². The van der Waals surface area contributed by atoms with Gasteiger partial charge in [-0.1, -0.05) is 17.3 Å². The van der Waals surface area contributed by atoms with Crippen molar-refractivity contribution < 1.29 is 14.3 Å². The number of amides is 1. The molecule has 2 heterocycles. The van der Waals surface area contributed by atoms with Gasteiger partial charge in [0.25, 0.3) is 5.91 Å². The smallest absolute Gasteiger partial charge is 0.328 e. The van der Waals surface area contributed by atoms with E-state index in [0.29, 0.717) is 11.2 Å². The number of ether oxygens (including phenoxy) is 1. The van der Waals surface area contributed by atoms with Gasteiger partial charge in [0.2, 0.25) is 0 Å². The van der Waals surface area contributed by atoms with Gasteiger partial charge in [0, 0.05) is 24.5 Å². The fraction of sp³-hybridized carbons (Fsp3) is 0.300. The zero-order valence-electron chi connectivity index (χ0n) is 15.4. The maximum atomic E-state index is 12.0. The number of esters is 1. The van der Waals surface area contributed by atoms with Gasteiger partial charge in [0.15, 0.2) is 6.61 Å². The molecule has 0 unspecified atom stereocenters. The van der Waals surface area contributed by atoms with Crippen LogP contribution in [0.1, 0.15) is 12.8 Å². The van der Waals surface area contributed by atoms with Crippen molar-refractivity contribution in [3.8, 4) is 0 Å². The lowest BCUT2D eigenvalue weighted by atomic mass is 10.2. The van der Waals surface area contributed by atoms with Crippen molar-refractivity contribution in [3.05, 3.63) is 48.5 Å². The van der Waals surface area contributed by atoms with E-state index in [1.165, 1.54) is 17.5 Å². The molecule has 28 heavy (non-hydrogen) atoms. The lowest BCUT2D eigenvalue weighted by Gasteiger charge is -2.17. The third kappa shape index (κ3) is 4.11. The lowest BCUT2D eigenvalue weighted by molar-refractivity contribution is -0.148. The molecule has 1 N–H and O–H groups in total. The van der Waals surface area contributed by atoms with E-state index in [-0.39, 0.29) is 19.1 Å². The second-order valence-corrected chi connectivity index (χ2v) is 6.69. The Morgan fingerprint density at radius 2 is 1.79 bits per heavy atom. The third-order valence-corrected chi connectivity index (χ3v) is 4.69. The highest BCUT2D eigenvalue weighted by atomic mass is 16.5. The van der Waals surface area contributed by atoms with E-state index in [0.717, 1.165) is 24.3 Å². The SMILES string of the molecule is O=C(COC(=O)Cn1nnc2ccccc21)Nc1ccc(N2CCCC2)cc1. The number of aromatic nitrogens is 3. The first-order valence-electron chi connectivity index (χ1n) is 9.28. The highest BCUT2D eigenvalue weighted by molar-refractivity contribution is 5.93. The summed E-state index contributed by atoms with van der Waals surface area (Å²) in [6, 6.07) is 15.0. The van der Waals surface area contributed by atoms with Crippen LogP contribution in [0, 0.1) is 0 Å². The van der Waals surface area contributed by atoms with Gasteiger partial charge in [-0.15, -0.1) is 5.10 Å². The van der Waals surface area contributed by atoms with Gasteiger partial charge in [0.1, 0.15) is 12.1 Å². The molecule has 3 aromatic rings. The molecule has 0 aliphatic carbocycles. The second-order valence-electron chi connectivity index (χ2n) is 6.69. The quantitative estimate of drug-likeness (QED) is 0.661. The van der Waals surface area contributed by atoms with E-state index < -0.39 is 5.97 Å². The summed E-state index contributed by atoms with van der Waals surface area (Å²) in [6.45, 7) is 1.70. The van der Waals surface area contributed by atoms with Crippen molar-refractivity contribution >= 4 is 34.3 Å². The maximum Gasteiger partial charge on any atom is 0.328 e. The van der Waals surface area contributed by atoms with Crippen LogP contribution in [0.4, 0.5) is 11.4 Å². The summed E-state index contributed by atoms with van der Waals surface area (Å²) >= 11 is 0. The van der Waals surface area contributed by atoms with Crippen LogP contribution < -0.4 is 10.2 Å². The first kappa shape index (κ1) is 18.0. The number of nitrogens with zero attached hydrogens (tertiary/aromatic N) is 4. The van der Waals surface area contributed by atoms with Gasteiger partial charge in [-0.2, -0.15) is 0 Å². The Balaban J connectivity index is 1.26. The molecule has 4 rings (SSSR count). The number of rotatable bonds is 6. The summed E-state index contributed by atoms with van der Waals surface area (Å²) in [5.41, 5.74) is 3.26. The zero-order valence-corrected chi connectivity index (χ0v) is 15.4. The Kier molecular flexibility index (Phi) is 5.18. The predicted molar refractivity (Wildman–Crippen MR) is 105 cm³/mol. The molecule has 0 atom stereocenters. The van der Waals surface area contributed by atoms with Crippen LogP contribution in [-0.4, -0.2) is 46.6 Å². The van der Waals surface area contributed by atoms with Crippen LogP contribution in [0.15, 0.2) is 48.5 Å². The van der Waals surface area contributed by atoms with Gasteiger partial charge < -0.3 is 15.0 Å². The van der Waals surface area contributed by atoms with Crippen LogP contribution in [0.3, 0.4) is 0 Å². The molecule has 1 aromatic heterocycles. The summed E-state index contributed by atoms with van der Waals surface area (Å²) in [5, 5.41) is 10.6. The number of fused-ring (bicyclic) bond motifs is 1. The molecule has 1 aliphatic rings. The Hall–Kier alpha value is -3.42. The zero-order chi connectivity index (χ0) is 19.3. The minimum Gasteiger partial charge on any atom is -0.454 e. The van der Waals surface area contributed by atoms with Crippen LogP contribution >= 0.6 is 0 Å². The Morgan fingerprint density at radius 3 is 2.57 bits per heavy atom. The number of para-hydroxylation sites is 1. The minimum atomic E-state index is -0.546. The number of hydrogen-bond acceptors (Lipinski definition) is 6. The Morgan fingerprint density at radius 1 is 1.04 bits per heavy atom.